The van der Waals surface area contributed by atoms with Gasteiger partial charge < -0.3 is 9.80 Å². The largest absolute Gasteiger partial charge is 0.311 e. The van der Waals surface area contributed by atoms with Gasteiger partial charge in [0.15, 0.2) is 0 Å². The highest BCUT2D eigenvalue weighted by Crippen LogP contribution is 2.44. The van der Waals surface area contributed by atoms with Gasteiger partial charge >= 0.3 is 0 Å². The van der Waals surface area contributed by atoms with Crippen molar-refractivity contribution in [3.05, 3.63) is 267 Å². The number of benzene rings is 11. The van der Waals surface area contributed by atoms with Gasteiger partial charge in [-0.15, -0.1) is 22.7 Å². The molecule has 0 radical (unpaired) electrons. The molecular formula is C66H44N2S2. The molecule has 0 saturated carbocycles. The van der Waals surface area contributed by atoms with Gasteiger partial charge in [-0.25, -0.2) is 0 Å². The van der Waals surface area contributed by atoms with Crippen LogP contribution in [0.4, 0.5) is 34.1 Å². The lowest BCUT2D eigenvalue weighted by Gasteiger charge is -2.26. The van der Waals surface area contributed by atoms with Crippen LogP contribution in [0, 0.1) is 0 Å². The maximum absolute atomic E-state index is 2.34. The second kappa shape index (κ2) is 17.8. The van der Waals surface area contributed by atoms with Crippen LogP contribution in [0.2, 0.25) is 0 Å². The summed E-state index contributed by atoms with van der Waals surface area (Å²) in [5.74, 6) is 0. The second-order valence-electron chi connectivity index (χ2n) is 17.7. The van der Waals surface area contributed by atoms with Crippen molar-refractivity contribution in [2.24, 2.45) is 0 Å². The minimum atomic E-state index is 1.11. The zero-order valence-corrected chi connectivity index (χ0v) is 39.7. The van der Waals surface area contributed by atoms with E-state index in [1.165, 1.54) is 84.9 Å². The fourth-order valence-corrected chi connectivity index (χ4v) is 12.5. The Bertz CT molecular complexity index is 3690. The first-order chi connectivity index (χ1) is 34.7. The molecule has 0 aliphatic heterocycles. The first kappa shape index (κ1) is 41.6. The van der Waals surface area contributed by atoms with Crippen LogP contribution in [0.1, 0.15) is 0 Å². The molecule has 0 aliphatic rings. The molecule has 0 unspecified atom stereocenters. The van der Waals surface area contributed by atoms with E-state index in [9.17, 15) is 0 Å². The van der Waals surface area contributed by atoms with Gasteiger partial charge in [0.1, 0.15) is 0 Å². The number of thiophene rings is 2. The highest BCUT2D eigenvalue weighted by atomic mass is 32.1. The van der Waals surface area contributed by atoms with Crippen LogP contribution in [0.3, 0.4) is 0 Å². The molecule has 2 nitrogen and oxygen atoms in total. The van der Waals surface area contributed by atoms with E-state index in [1.807, 2.05) is 22.7 Å². The van der Waals surface area contributed by atoms with E-state index in [0.717, 1.165) is 34.1 Å². The third kappa shape index (κ3) is 7.61. The highest BCUT2D eigenvalue weighted by molar-refractivity contribution is 7.26. The summed E-state index contributed by atoms with van der Waals surface area (Å²) in [7, 11) is 0. The predicted molar refractivity (Wildman–Crippen MR) is 303 cm³/mol. The molecule has 330 valence electrons. The molecule has 0 N–H and O–H groups in total. The third-order valence-electron chi connectivity index (χ3n) is 13.5. The van der Waals surface area contributed by atoms with Crippen molar-refractivity contribution in [3.8, 4) is 44.5 Å². The van der Waals surface area contributed by atoms with Crippen molar-refractivity contribution in [1.82, 2.24) is 0 Å². The Morgan fingerprint density at radius 1 is 0.200 bits per heavy atom. The van der Waals surface area contributed by atoms with Crippen LogP contribution in [-0.4, -0.2) is 0 Å². The number of anilines is 6. The molecule has 0 bridgehead atoms. The molecule has 13 rings (SSSR count). The molecule has 4 heteroatoms. The minimum Gasteiger partial charge on any atom is -0.311 e. The summed E-state index contributed by atoms with van der Waals surface area (Å²) in [5.41, 5.74) is 16.4. The van der Waals surface area contributed by atoms with Crippen LogP contribution >= 0.6 is 22.7 Å². The predicted octanol–water partition coefficient (Wildman–Crippen LogP) is 20.0. The van der Waals surface area contributed by atoms with Crippen molar-refractivity contribution in [3.63, 3.8) is 0 Å². The molecule has 0 saturated heterocycles. The average Bonchev–Trinajstić information content (AvgIpc) is 4.02. The van der Waals surface area contributed by atoms with Crippen molar-refractivity contribution in [1.29, 1.82) is 0 Å². The summed E-state index contributed by atoms with van der Waals surface area (Å²) in [6.07, 6.45) is 0. The van der Waals surface area contributed by atoms with E-state index in [-0.39, 0.29) is 0 Å². The normalized spacial score (nSPS) is 11.4. The third-order valence-corrected chi connectivity index (χ3v) is 16.0. The lowest BCUT2D eigenvalue weighted by Crippen LogP contribution is -2.09. The quantitative estimate of drug-likeness (QED) is 0.135. The standard InChI is InChI=1S/C66H44N2S2/c1-3-13-51(14-4-1)67(55-41-33-49(34-42-55)57-19-11-21-61-59-17-7-9-23-63(59)69-65(57)61)53-37-29-47(30-38-53)45-25-27-46(28-26-45)48-31-39-54(40-32-48)68(52-15-5-2-6-16-52)56-43-35-50(36-44-56)58-20-12-22-62-60-18-8-10-24-64(60)70-66(58)62/h1-44H. The van der Waals surface area contributed by atoms with Crippen molar-refractivity contribution in [2.75, 3.05) is 9.80 Å². The zero-order chi connectivity index (χ0) is 46.4. The van der Waals surface area contributed by atoms with E-state index in [0.29, 0.717) is 0 Å². The Hall–Kier alpha value is -8.54. The van der Waals surface area contributed by atoms with E-state index in [2.05, 4.69) is 277 Å². The maximum atomic E-state index is 2.34. The van der Waals surface area contributed by atoms with Crippen LogP contribution in [0.15, 0.2) is 267 Å². The highest BCUT2D eigenvalue weighted by Gasteiger charge is 2.17. The number of hydrogen-bond donors (Lipinski definition) is 0. The molecule has 0 aliphatic carbocycles. The molecule has 11 aromatic carbocycles. The Balaban J connectivity index is 0.749. The van der Waals surface area contributed by atoms with Crippen LogP contribution in [0.5, 0.6) is 0 Å². The Labute approximate surface area is 415 Å². The Kier molecular flexibility index (Phi) is 10.6. The molecule has 70 heavy (non-hydrogen) atoms. The number of para-hydroxylation sites is 2. The Morgan fingerprint density at radius 2 is 0.471 bits per heavy atom. The van der Waals surface area contributed by atoms with Crippen LogP contribution in [-0.2, 0) is 0 Å². The summed E-state index contributed by atoms with van der Waals surface area (Å²) >= 11 is 3.75. The number of hydrogen-bond acceptors (Lipinski definition) is 4. The van der Waals surface area contributed by atoms with Gasteiger partial charge in [-0.05, 0) is 129 Å². The smallest absolute Gasteiger partial charge is 0.0462 e. The molecular weight excluding hydrogens is 885 g/mol. The summed E-state index contributed by atoms with van der Waals surface area (Å²) < 4.78 is 5.31. The molecule has 0 fully saturated rings. The summed E-state index contributed by atoms with van der Waals surface area (Å²) in [6, 6.07) is 96.9. The van der Waals surface area contributed by atoms with Crippen molar-refractivity contribution < 1.29 is 0 Å². The monoisotopic (exact) mass is 928 g/mol. The van der Waals surface area contributed by atoms with Gasteiger partial charge in [-0.2, -0.15) is 0 Å². The van der Waals surface area contributed by atoms with Crippen LogP contribution < -0.4 is 9.80 Å². The lowest BCUT2D eigenvalue weighted by atomic mass is 9.99. The zero-order valence-electron chi connectivity index (χ0n) is 38.1. The Morgan fingerprint density at radius 3 is 0.829 bits per heavy atom. The fourth-order valence-electron chi connectivity index (χ4n) is 10.0. The second-order valence-corrected chi connectivity index (χ2v) is 19.8. The van der Waals surface area contributed by atoms with Crippen molar-refractivity contribution in [2.45, 2.75) is 0 Å². The van der Waals surface area contributed by atoms with E-state index >= 15 is 0 Å². The van der Waals surface area contributed by atoms with Gasteiger partial charge in [-0.3, -0.25) is 0 Å². The SMILES string of the molecule is c1ccc(N(c2ccc(-c3ccc(-c4ccc(N(c5ccccc5)c5ccc(-c6cccc7c6sc6ccccc67)cc5)cc4)cc3)cc2)c2ccc(-c3cccc4c3sc3ccccc34)cc2)cc1. The first-order valence-corrected chi connectivity index (χ1v) is 25.4. The molecule has 2 heterocycles. The molecule has 2 aromatic heterocycles. The molecule has 13 aromatic rings. The van der Waals surface area contributed by atoms with Crippen molar-refractivity contribution >= 4 is 97.1 Å². The van der Waals surface area contributed by atoms with Gasteiger partial charge in [0.05, 0.1) is 0 Å². The average molecular weight is 929 g/mol. The summed E-state index contributed by atoms with van der Waals surface area (Å²) in [4.78, 5) is 4.67. The fraction of sp³-hybridized carbons (Fsp3) is 0. The van der Waals surface area contributed by atoms with E-state index in [1.54, 1.807) is 0 Å². The van der Waals surface area contributed by atoms with Gasteiger partial charge in [0.2, 0.25) is 0 Å². The number of rotatable bonds is 10. The number of fused-ring (bicyclic) bond motifs is 6. The van der Waals surface area contributed by atoms with Gasteiger partial charge in [-0.1, -0.05) is 182 Å². The molecule has 0 amide bonds. The summed E-state index contributed by atoms with van der Waals surface area (Å²) in [5, 5.41) is 5.28. The van der Waals surface area contributed by atoms with E-state index in [4.69, 9.17) is 0 Å². The van der Waals surface area contributed by atoms with Gasteiger partial charge in [0, 0.05) is 74.5 Å². The molecule has 0 spiro atoms. The lowest BCUT2D eigenvalue weighted by molar-refractivity contribution is 1.28. The van der Waals surface area contributed by atoms with Crippen LogP contribution in [0.25, 0.3) is 84.9 Å². The maximum Gasteiger partial charge on any atom is 0.0462 e. The van der Waals surface area contributed by atoms with Gasteiger partial charge in [0.25, 0.3) is 0 Å². The summed E-state index contributed by atoms with van der Waals surface area (Å²) in [6.45, 7) is 0. The van der Waals surface area contributed by atoms with E-state index < -0.39 is 0 Å². The molecule has 0 atom stereocenters. The topological polar surface area (TPSA) is 6.48 Å². The minimum absolute atomic E-state index is 1.11. The first-order valence-electron chi connectivity index (χ1n) is 23.7. The number of nitrogens with zero attached hydrogens (tertiary/aromatic N) is 2.